The molecule has 0 aliphatic heterocycles. The molecule has 2 nitrogen and oxygen atoms in total. The highest BCUT2D eigenvalue weighted by atomic mass is 35.5. The molecule has 78 valence electrons. The van der Waals surface area contributed by atoms with Crippen LogP contribution in [0, 0.1) is 0 Å². The summed E-state index contributed by atoms with van der Waals surface area (Å²) >= 11 is 11.8. The van der Waals surface area contributed by atoms with E-state index in [-0.39, 0.29) is 0 Å². The quantitative estimate of drug-likeness (QED) is 0.443. The van der Waals surface area contributed by atoms with Crippen LogP contribution in [0.4, 0.5) is 0 Å². The van der Waals surface area contributed by atoms with Gasteiger partial charge in [-0.05, 0) is 12.1 Å². The second-order valence-electron chi connectivity index (χ2n) is 3.47. The normalized spacial score (nSPS) is 11.1. The standard InChI is InChI=1S/C12H6Cl2N2/c13-9-6-8-4-3-7-2-1-5-15-10(7)11(8)16-12(9)14/h1-6H. The van der Waals surface area contributed by atoms with Crippen LogP contribution >= 0.6 is 23.2 Å². The second-order valence-corrected chi connectivity index (χ2v) is 4.24. The zero-order valence-electron chi connectivity index (χ0n) is 8.11. The summed E-state index contributed by atoms with van der Waals surface area (Å²) in [6.45, 7) is 0. The summed E-state index contributed by atoms with van der Waals surface area (Å²) in [5, 5.41) is 2.76. The topological polar surface area (TPSA) is 25.8 Å². The predicted octanol–water partition coefficient (Wildman–Crippen LogP) is 4.09. The van der Waals surface area contributed by atoms with Crippen molar-refractivity contribution >= 4 is 45.0 Å². The Hall–Kier alpha value is -1.38. The van der Waals surface area contributed by atoms with Gasteiger partial charge in [-0.3, -0.25) is 4.98 Å². The Morgan fingerprint density at radius 3 is 2.62 bits per heavy atom. The lowest BCUT2D eigenvalue weighted by molar-refractivity contribution is 1.37. The maximum Gasteiger partial charge on any atom is 0.148 e. The Morgan fingerprint density at radius 1 is 0.938 bits per heavy atom. The van der Waals surface area contributed by atoms with Crippen molar-refractivity contribution in [1.29, 1.82) is 0 Å². The van der Waals surface area contributed by atoms with E-state index in [2.05, 4.69) is 9.97 Å². The van der Waals surface area contributed by atoms with Gasteiger partial charge in [0.15, 0.2) is 0 Å². The van der Waals surface area contributed by atoms with Gasteiger partial charge >= 0.3 is 0 Å². The molecule has 3 rings (SSSR count). The fraction of sp³-hybridized carbons (Fsp3) is 0. The first-order chi connectivity index (χ1) is 7.75. The Balaban J connectivity index is 2.55. The van der Waals surface area contributed by atoms with Gasteiger partial charge in [-0.1, -0.05) is 41.4 Å². The smallest absolute Gasteiger partial charge is 0.148 e. The maximum atomic E-state index is 5.92. The van der Waals surface area contributed by atoms with Crippen molar-refractivity contribution in [2.45, 2.75) is 0 Å². The lowest BCUT2D eigenvalue weighted by atomic mass is 10.1. The van der Waals surface area contributed by atoms with Crippen molar-refractivity contribution in [3.63, 3.8) is 0 Å². The molecule has 0 N–H and O–H groups in total. The summed E-state index contributed by atoms with van der Waals surface area (Å²) in [5.41, 5.74) is 1.63. The van der Waals surface area contributed by atoms with Crippen LogP contribution in [0.5, 0.6) is 0 Å². The van der Waals surface area contributed by atoms with E-state index < -0.39 is 0 Å². The Labute approximate surface area is 102 Å². The number of halogens is 2. The molecule has 0 bridgehead atoms. The van der Waals surface area contributed by atoms with Crippen LogP contribution in [0.15, 0.2) is 36.5 Å². The van der Waals surface area contributed by atoms with Crippen LogP contribution < -0.4 is 0 Å². The summed E-state index contributed by atoms with van der Waals surface area (Å²) < 4.78 is 0. The molecule has 0 spiro atoms. The van der Waals surface area contributed by atoms with Gasteiger partial charge in [-0.2, -0.15) is 0 Å². The predicted molar refractivity (Wildman–Crippen MR) is 67.1 cm³/mol. The number of pyridine rings is 2. The first kappa shape index (κ1) is 9.82. The van der Waals surface area contributed by atoms with Gasteiger partial charge < -0.3 is 0 Å². The van der Waals surface area contributed by atoms with Crippen LogP contribution in [0.3, 0.4) is 0 Å². The lowest BCUT2D eigenvalue weighted by Crippen LogP contribution is -1.86. The van der Waals surface area contributed by atoms with Crippen molar-refractivity contribution in [2.24, 2.45) is 0 Å². The molecule has 1 aromatic carbocycles. The van der Waals surface area contributed by atoms with E-state index in [1.54, 1.807) is 12.3 Å². The number of nitrogens with zero attached hydrogens (tertiary/aromatic N) is 2. The number of fused-ring (bicyclic) bond motifs is 3. The number of hydrogen-bond donors (Lipinski definition) is 0. The molecule has 0 saturated carbocycles. The molecule has 2 aromatic heterocycles. The summed E-state index contributed by atoms with van der Waals surface area (Å²) in [6.07, 6.45) is 1.74. The van der Waals surface area contributed by atoms with Gasteiger partial charge in [-0.15, -0.1) is 0 Å². The Morgan fingerprint density at radius 2 is 1.75 bits per heavy atom. The molecular weight excluding hydrogens is 243 g/mol. The summed E-state index contributed by atoms with van der Waals surface area (Å²) in [5.74, 6) is 0. The van der Waals surface area contributed by atoms with E-state index in [0.29, 0.717) is 10.2 Å². The van der Waals surface area contributed by atoms with Gasteiger partial charge in [0, 0.05) is 17.0 Å². The van der Waals surface area contributed by atoms with E-state index in [9.17, 15) is 0 Å². The van der Waals surface area contributed by atoms with Crippen molar-refractivity contribution < 1.29 is 0 Å². The fourth-order valence-corrected chi connectivity index (χ4v) is 2.03. The van der Waals surface area contributed by atoms with Crippen LogP contribution in [-0.4, -0.2) is 9.97 Å². The molecule has 0 radical (unpaired) electrons. The highest BCUT2D eigenvalue weighted by molar-refractivity contribution is 6.41. The van der Waals surface area contributed by atoms with Crippen molar-refractivity contribution in [1.82, 2.24) is 9.97 Å². The van der Waals surface area contributed by atoms with E-state index in [0.717, 1.165) is 21.8 Å². The minimum Gasteiger partial charge on any atom is -0.254 e. The molecule has 4 heteroatoms. The van der Waals surface area contributed by atoms with Crippen LogP contribution in [-0.2, 0) is 0 Å². The zero-order valence-corrected chi connectivity index (χ0v) is 9.63. The second kappa shape index (κ2) is 3.58. The molecular formula is C12H6Cl2N2. The number of rotatable bonds is 0. The lowest BCUT2D eigenvalue weighted by Gasteiger charge is -2.03. The Bertz CT molecular complexity index is 695. The first-order valence-corrected chi connectivity index (χ1v) is 5.51. The summed E-state index contributed by atoms with van der Waals surface area (Å²) in [4.78, 5) is 8.59. The molecule has 0 aliphatic carbocycles. The fourth-order valence-electron chi connectivity index (χ4n) is 1.73. The molecule has 0 amide bonds. The third-order valence-electron chi connectivity index (χ3n) is 2.47. The molecule has 16 heavy (non-hydrogen) atoms. The van der Waals surface area contributed by atoms with Gasteiger partial charge in [0.25, 0.3) is 0 Å². The number of aromatic nitrogens is 2. The van der Waals surface area contributed by atoms with E-state index in [1.807, 2.05) is 24.3 Å². The maximum absolute atomic E-state index is 5.92. The van der Waals surface area contributed by atoms with Crippen molar-refractivity contribution in [2.75, 3.05) is 0 Å². The SMILES string of the molecule is Clc1cc2ccc3cccnc3c2nc1Cl. The molecule has 0 unspecified atom stereocenters. The highest BCUT2D eigenvalue weighted by Crippen LogP contribution is 2.28. The molecule has 0 saturated heterocycles. The van der Waals surface area contributed by atoms with Crippen molar-refractivity contribution in [3.05, 3.63) is 46.7 Å². The molecule has 0 fully saturated rings. The van der Waals surface area contributed by atoms with Gasteiger partial charge in [0.05, 0.1) is 16.1 Å². The van der Waals surface area contributed by atoms with Crippen molar-refractivity contribution in [3.8, 4) is 0 Å². The van der Waals surface area contributed by atoms with E-state index >= 15 is 0 Å². The monoisotopic (exact) mass is 248 g/mol. The number of hydrogen-bond acceptors (Lipinski definition) is 2. The molecule has 2 heterocycles. The van der Waals surface area contributed by atoms with Gasteiger partial charge in [0.1, 0.15) is 5.15 Å². The summed E-state index contributed by atoms with van der Waals surface area (Å²) in [6, 6.07) is 9.66. The average molecular weight is 249 g/mol. The van der Waals surface area contributed by atoms with Crippen LogP contribution in [0.1, 0.15) is 0 Å². The highest BCUT2D eigenvalue weighted by Gasteiger charge is 2.06. The number of benzene rings is 1. The summed E-state index contributed by atoms with van der Waals surface area (Å²) in [7, 11) is 0. The largest absolute Gasteiger partial charge is 0.254 e. The van der Waals surface area contributed by atoms with E-state index in [1.165, 1.54) is 0 Å². The van der Waals surface area contributed by atoms with E-state index in [4.69, 9.17) is 23.2 Å². The minimum atomic E-state index is 0.312. The average Bonchev–Trinajstić information content (AvgIpc) is 2.31. The van der Waals surface area contributed by atoms with Crippen LogP contribution in [0.25, 0.3) is 21.8 Å². The van der Waals surface area contributed by atoms with Gasteiger partial charge in [0.2, 0.25) is 0 Å². The van der Waals surface area contributed by atoms with Gasteiger partial charge in [-0.25, -0.2) is 4.98 Å². The minimum absolute atomic E-state index is 0.312. The molecule has 0 aliphatic rings. The Kier molecular flexibility index (Phi) is 2.20. The zero-order chi connectivity index (χ0) is 11.1. The first-order valence-electron chi connectivity index (χ1n) is 4.75. The van der Waals surface area contributed by atoms with Crippen LogP contribution in [0.2, 0.25) is 10.2 Å². The third-order valence-corrected chi connectivity index (χ3v) is 3.14. The molecule has 0 atom stereocenters. The molecule has 3 aromatic rings. The third kappa shape index (κ3) is 1.42.